The van der Waals surface area contributed by atoms with Gasteiger partial charge in [-0.1, -0.05) is 0 Å². The Labute approximate surface area is 208 Å². The van der Waals surface area contributed by atoms with E-state index in [9.17, 15) is 26.0 Å². The number of carbonyl (C=O) groups excluding carboxylic acids is 1. The number of aromatic nitrogens is 1. The van der Waals surface area contributed by atoms with Crippen LogP contribution in [0, 0.1) is 5.82 Å². The average Bonchev–Trinajstić information content (AvgIpc) is 3.14. The first-order valence-corrected chi connectivity index (χ1v) is 19.4. The van der Waals surface area contributed by atoms with Crippen LogP contribution in [-0.4, -0.2) is 66.5 Å². The molecule has 0 aliphatic rings. The predicted molar refractivity (Wildman–Crippen MR) is 136 cm³/mol. The van der Waals surface area contributed by atoms with Crippen LogP contribution in [0.5, 0.6) is 0 Å². The van der Waals surface area contributed by atoms with E-state index in [0.717, 1.165) is 6.26 Å². The summed E-state index contributed by atoms with van der Waals surface area (Å²) in [5, 5.41) is 3.39. The molecule has 2 aromatic heterocycles. The van der Waals surface area contributed by atoms with E-state index >= 15 is 0 Å². The normalized spacial score (nSPS) is 13.2. The van der Waals surface area contributed by atoms with Crippen molar-refractivity contribution in [3.8, 4) is 11.3 Å². The molecule has 0 saturated heterocycles. The van der Waals surface area contributed by atoms with Crippen molar-refractivity contribution in [1.82, 2.24) is 10.3 Å². The van der Waals surface area contributed by atoms with Crippen LogP contribution < -0.4 is 9.80 Å². The van der Waals surface area contributed by atoms with Gasteiger partial charge < -0.3 is 0 Å². The van der Waals surface area contributed by atoms with Crippen LogP contribution in [-0.2, 0) is 24.4 Å². The van der Waals surface area contributed by atoms with Crippen molar-refractivity contribution >= 4 is 52.9 Å². The molecule has 0 radical (unpaired) electrons. The Balaban J connectivity index is 2.15. The number of hydrogen-bond acceptors (Lipinski definition) is 7. The van der Waals surface area contributed by atoms with Crippen LogP contribution in [0.2, 0.25) is 5.21 Å². The Morgan fingerprint density at radius 1 is 1.11 bits per heavy atom. The number of aryl methyl sites for hydroxylation is 1. The van der Waals surface area contributed by atoms with Gasteiger partial charge in [-0.15, -0.1) is 0 Å². The number of rotatable bonds is 10. The molecule has 35 heavy (non-hydrogen) atoms. The number of carbonyl (C=O) groups is 1. The van der Waals surface area contributed by atoms with Crippen molar-refractivity contribution in [2.24, 2.45) is 0 Å². The zero-order valence-electron chi connectivity index (χ0n) is 20.0. The first-order chi connectivity index (χ1) is 16.4. The summed E-state index contributed by atoms with van der Waals surface area (Å²) < 4.78 is 68.4. The maximum atomic E-state index is 13.5. The van der Waals surface area contributed by atoms with E-state index in [4.69, 9.17) is 4.42 Å². The monoisotopic (exact) mass is 586 g/mol. The van der Waals surface area contributed by atoms with Crippen molar-refractivity contribution in [2.75, 3.05) is 25.3 Å². The molecule has 1 unspecified atom stereocenters. The molecule has 0 saturated carbocycles. The average molecular weight is 587 g/mol. The summed E-state index contributed by atoms with van der Waals surface area (Å²) in [5.41, 5.74) is 1.58. The molecule has 0 fully saturated rings. The van der Waals surface area contributed by atoms with Crippen LogP contribution in [0.4, 0.5) is 4.39 Å². The van der Waals surface area contributed by atoms with E-state index < -0.39 is 43.2 Å². The molecule has 190 valence electrons. The molecule has 8 nitrogen and oxygen atoms in total. The third-order valence-electron chi connectivity index (χ3n) is 5.44. The summed E-state index contributed by atoms with van der Waals surface area (Å²) in [6.45, 7) is 1.88. The number of nitrogens with zero attached hydrogens (tertiary/aromatic N) is 1. The van der Waals surface area contributed by atoms with Gasteiger partial charge in [-0.3, -0.25) is 0 Å². The second-order valence-electron chi connectivity index (χ2n) is 8.24. The summed E-state index contributed by atoms with van der Waals surface area (Å²) in [6.07, 6.45) is 3.66. The minimum absolute atomic E-state index is 0.000797. The van der Waals surface area contributed by atoms with Crippen molar-refractivity contribution in [2.45, 2.75) is 31.4 Å². The van der Waals surface area contributed by atoms with Gasteiger partial charge in [0.2, 0.25) is 0 Å². The van der Waals surface area contributed by atoms with Gasteiger partial charge in [-0.05, 0) is 0 Å². The molecule has 0 spiro atoms. The molecule has 12 heteroatoms. The van der Waals surface area contributed by atoms with E-state index in [1.807, 2.05) is 6.92 Å². The molecule has 1 atom stereocenters. The maximum absolute atomic E-state index is 13.5. The van der Waals surface area contributed by atoms with Crippen LogP contribution >= 0.6 is 0 Å². The first-order valence-electron chi connectivity index (χ1n) is 11.0. The SMILES string of the molecule is CCc1cc2c(C(=O)NC)c(-c3ccc(F)cc3)oc2nc1[As](CCCCS(C)(=O)=O)S(C)(=O)=O. The molecule has 0 aliphatic carbocycles. The summed E-state index contributed by atoms with van der Waals surface area (Å²) in [6, 6.07) is 7.27. The van der Waals surface area contributed by atoms with Crippen LogP contribution in [0.25, 0.3) is 22.4 Å². The van der Waals surface area contributed by atoms with Gasteiger partial charge >= 0.3 is 209 Å². The zero-order chi connectivity index (χ0) is 26.0. The molecule has 2 heterocycles. The number of amides is 1. The molecule has 3 aromatic rings. The number of fused-ring (bicyclic) bond motifs is 1. The number of nitrogens with one attached hydrogen (secondary N) is 1. The Morgan fingerprint density at radius 2 is 1.77 bits per heavy atom. The van der Waals surface area contributed by atoms with Gasteiger partial charge in [0.15, 0.2) is 0 Å². The zero-order valence-corrected chi connectivity index (χ0v) is 23.5. The number of unbranched alkanes of at least 4 members (excludes halogenated alkanes) is 1. The van der Waals surface area contributed by atoms with Crippen LogP contribution in [0.15, 0.2) is 34.7 Å². The fourth-order valence-corrected chi connectivity index (χ4v) is 13.7. The summed E-state index contributed by atoms with van der Waals surface area (Å²) in [7, 11) is -5.09. The Kier molecular flexibility index (Phi) is 8.44. The standard InChI is InChI=1S/C23H28AsFN2O6S2/c1-5-15-14-18-19(22(28)26-2)20(16-8-10-17(25)11-9-16)33-23(18)27-21(15)24(35(4,31)32)12-6-7-13-34(3,29)30/h8-11,14H,5-7,12-13H2,1-4H3,(H,26,28). The third kappa shape index (κ3) is 6.51. The minimum atomic E-state index is -3.45. The van der Waals surface area contributed by atoms with E-state index in [1.165, 1.54) is 37.6 Å². The van der Waals surface area contributed by atoms with Crippen LogP contribution in [0.1, 0.15) is 35.7 Å². The van der Waals surface area contributed by atoms with Gasteiger partial charge in [-0.25, -0.2) is 0 Å². The molecule has 0 aliphatic heterocycles. The number of sulfone groups is 1. The second kappa shape index (κ2) is 10.8. The molecule has 1 amide bonds. The van der Waals surface area contributed by atoms with E-state index in [2.05, 4.69) is 10.3 Å². The second-order valence-corrected chi connectivity index (χ2v) is 21.8. The van der Waals surface area contributed by atoms with Crippen molar-refractivity contribution in [1.29, 1.82) is 0 Å². The van der Waals surface area contributed by atoms with Gasteiger partial charge in [0.25, 0.3) is 0 Å². The quantitative estimate of drug-likeness (QED) is 0.286. The van der Waals surface area contributed by atoms with Crippen LogP contribution in [0.3, 0.4) is 0 Å². The third-order valence-corrected chi connectivity index (χ3v) is 17.5. The first kappa shape index (κ1) is 27.4. The molecular weight excluding hydrogens is 558 g/mol. The molecule has 1 aromatic carbocycles. The van der Waals surface area contributed by atoms with Gasteiger partial charge in [0, 0.05) is 0 Å². The van der Waals surface area contributed by atoms with E-state index in [0.29, 0.717) is 45.5 Å². The van der Waals surface area contributed by atoms with Gasteiger partial charge in [0.1, 0.15) is 0 Å². The van der Waals surface area contributed by atoms with Gasteiger partial charge in [0.05, 0.1) is 0 Å². The number of furan rings is 1. The summed E-state index contributed by atoms with van der Waals surface area (Å²) >= 11 is -2.78. The fraction of sp³-hybridized carbons (Fsp3) is 0.391. The van der Waals surface area contributed by atoms with Crippen molar-refractivity contribution < 1.29 is 30.4 Å². The Bertz CT molecular complexity index is 1450. The van der Waals surface area contributed by atoms with E-state index in [-0.39, 0.29) is 22.8 Å². The van der Waals surface area contributed by atoms with Crippen molar-refractivity contribution in [3.63, 3.8) is 0 Å². The number of benzene rings is 1. The number of halogens is 1. The number of pyridine rings is 1. The molecule has 0 bridgehead atoms. The van der Waals surface area contributed by atoms with Gasteiger partial charge in [-0.2, -0.15) is 0 Å². The topological polar surface area (TPSA) is 123 Å². The predicted octanol–water partition coefficient (Wildman–Crippen LogP) is 2.62. The van der Waals surface area contributed by atoms with E-state index in [1.54, 1.807) is 6.07 Å². The Morgan fingerprint density at radius 3 is 2.31 bits per heavy atom. The fourth-order valence-electron chi connectivity index (χ4n) is 3.74. The molecular formula is C23H28AsFN2O6S2. The number of hydrogen-bond donors (Lipinski definition) is 1. The Hall–Kier alpha value is -2.23. The summed E-state index contributed by atoms with van der Waals surface area (Å²) in [5.74, 6) is -0.616. The molecule has 1 N–H and O–H groups in total. The summed E-state index contributed by atoms with van der Waals surface area (Å²) in [4.78, 5) is 17.4. The van der Waals surface area contributed by atoms with Crippen molar-refractivity contribution in [3.05, 3.63) is 47.3 Å². The molecule has 3 rings (SSSR count).